The number of carbonyl (C=O) groups is 2. The van der Waals surface area contributed by atoms with Crippen molar-refractivity contribution in [2.24, 2.45) is 0 Å². The molecule has 1 aliphatic carbocycles. The fraction of sp³-hybridized carbons (Fsp3) is 0. The molecule has 4 rings (SSSR count). The summed E-state index contributed by atoms with van der Waals surface area (Å²) in [6, 6.07) is 24.3. The number of para-hydroxylation sites is 2. The molecule has 0 N–H and O–H groups in total. The van der Waals surface area contributed by atoms with Gasteiger partial charge in [-0.3, -0.25) is 9.59 Å². The highest BCUT2D eigenvalue weighted by molar-refractivity contribution is 6.25. The number of rotatable bonds is 4. The summed E-state index contributed by atoms with van der Waals surface area (Å²) in [6.07, 6.45) is 0. The average Bonchev–Trinajstić information content (AvgIpc) is 2.70. The molecular weight excluding hydrogens is 328 g/mol. The Balaban J connectivity index is 1.82. The Bertz CT molecular complexity index is 922. The number of hydrogen-bond donors (Lipinski definition) is 0. The molecule has 0 aliphatic heterocycles. The Morgan fingerprint density at radius 3 is 1.19 bits per heavy atom. The Hall–Kier alpha value is -3.66. The molecule has 26 heavy (non-hydrogen) atoms. The van der Waals surface area contributed by atoms with Gasteiger partial charge in [0.15, 0.2) is 0 Å². The van der Waals surface area contributed by atoms with Gasteiger partial charge in [0, 0.05) is 11.1 Å². The van der Waals surface area contributed by atoms with E-state index in [4.69, 9.17) is 9.47 Å². The molecule has 126 valence electrons. The molecule has 4 nitrogen and oxygen atoms in total. The molecule has 0 saturated carbocycles. The van der Waals surface area contributed by atoms with Gasteiger partial charge >= 0.3 is 0 Å². The second kappa shape index (κ2) is 6.69. The van der Waals surface area contributed by atoms with Crippen molar-refractivity contribution < 1.29 is 19.1 Å². The van der Waals surface area contributed by atoms with E-state index >= 15 is 0 Å². The lowest BCUT2D eigenvalue weighted by Gasteiger charge is -2.21. The highest BCUT2D eigenvalue weighted by Gasteiger charge is 2.35. The van der Waals surface area contributed by atoms with E-state index in [1.165, 1.54) is 0 Å². The number of Topliss-reactive ketones (excluding diaryl/α,β-unsaturated/α-hetero) is 2. The molecule has 0 unspecified atom stereocenters. The van der Waals surface area contributed by atoms with Crippen LogP contribution in [0.25, 0.3) is 0 Å². The second-order valence-electron chi connectivity index (χ2n) is 5.69. The summed E-state index contributed by atoms with van der Waals surface area (Å²) in [5, 5.41) is 0. The van der Waals surface area contributed by atoms with Crippen molar-refractivity contribution >= 4 is 11.6 Å². The summed E-state index contributed by atoms with van der Waals surface area (Å²) >= 11 is 0. The molecule has 3 aromatic carbocycles. The Labute approximate surface area is 150 Å². The highest BCUT2D eigenvalue weighted by Crippen LogP contribution is 2.30. The first kappa shape index (κ1) is 15.8. The molecular formula is C22H14O4. The second-order valence-corrected chi connectivity index (χ2v) is 5.69. The van der Waals surface area contributed by atoms with Crippen molar-refractivity contribution in [3.63, 3.8) is 0 Å². The molecule has 4 heteroatoms. The summed E-state index contributed by atoms with van der Waals surface area (Å²) in [4.78, 5) is 25.9. The lowest BCUT2D eigenvalue weighted by molar-refractivity contribution is 0.0897. The van der Waals surface area contributed by atoms with E-state index in [0.29, 0.717) is 22.6 Å². The molecule has 0 spiro atoms. The minimum absolute atomic E-state index is 0.108. The van der Waals surface area contributed by atoms with Crippen molar-refractivity contribution in [3.05, 3.63) is 108 Å². The average molecular weight is 342 g/mol. The van der Waals surface area contributed by atoms with Crippen LogP contribution in [0.5, 0.6) is 11.5 Å². The van der Waals surface area contributed by atoms with E-state index in [2.05, 4.69) is 0 Å². The van der Waals surface area contributed by atoms with E-state index in [9.17, 15) is 9.59 Å². The molecule has 0 bridgehead atoms. The van der Waals surface area contributed by atoms with Gasteiger partial charge in [0.05, 0.1) is 0 Å². The first-order valence-corrected chi connectivity index (χ1v) is 8.12. The van der Waals surface area contributed by atoms with Crippen molar-refractivity contribution in [2.75, 3.05) is 0 Å². The molecule has 0 saturated heterocycles. The van der Waals surface area contributed by atoms with Crippen molar-refractivity contribution in [3.8, 4) is 11.5 Å². The normalized spacial score (nSPS) is 13.4. The molecule has 0 fully saturated rings. The van der Waals surface area contributed by atoms with Crippen LogP contribution in [0.3, 0.4) is 0 Å². The van der Waals surface area contributed by atoms with Gasteiger partial charge in [-0.1, -0.05) is 60.7 Å². The van der Waals surface area contributed by atoms with Gasteiger partial charge in [-0.05, 0) is 24.3 Å². The van der Waals surface area contributed by atoms with Gasteiger partial charge in [0.1, 0.15) is 11.5 Å². The first-order valence-electron chi connectivity index (χ1n) is 8.12. The predicted octanol–water partition coefficient (Wildman–Crippen LogP) is 4.44. The van der Waals surface area contributed by atoms with Crippen LogP contribution >= 0.6 is 0 Å². The summed E-state index contributed by atoms with van der Waals surface area (Å²) < 4.78 is 11.5. The summed E-state index contributed by atoms with van der Waals surface area (Å²) in [7, 11) is 0. The van der Waals surface area contributed by atoms with Gasteiger partial charge in [-0.25, -0.2) is 0 Å². The number of benzene rings is 3. The Morgan fingerprint density at radius 2 is 0.808 bits per heavy atom. The maximum absolute atomic E-state index is 13.0. The van der Waals surface area contributed by atoms with Crippen LogP contribution in [0.2, 0.25) is 0 Å². The molecule has 0 aromatic heterocycles. The quantitative estimate of drug-likeness (QED) is 0.703. The SMILES string of the molecule is O=C1C(Oc2ccccc2)=C(Oc2ccccc2)C(=O)c2ccccc21. The third-order valence-electron chi connectivity index (χ3n) is 3.96. The Kier molecular flexibility index (Phi) is 4.07. The minimum Gasteiger partial charge on any atom is -0.449 e. The number of fused-ring (bicyclic) bond motifs is 1. The zero-order valence-electron chi connectivity index (χ0n) is 13.7. The lowest BCUT2D eigenvalue weighted by atomic mass is 9.92. The number of carbonyl (C=O) groups excluding carboxylic acids is 2. The number of allylic oxidation sites excluding steroid dienone is 2. The Morgan fingerprint density at radius 1 is 0.462 bits per heavy atom. The molecule has 0 atom stereocenters. The van der Waals surface area contributed by atoms with Crippen LogP contribution < -0.4 is 9.47 Å². The maximum Gasteiger partial charge on any atom is 0.233 e. The third-order valence-corrected chi connectivity index (χ3v) is 3.96. The van der Waals surface area contributed by atoms with E-state index in [-0.39, 0.29) is 23.1 Å². The highest BCUT2D eigenvalue weighted by atomic mass is 16.5. The summed E-state index contributed by atoms with van der Waals surface area (Å²) in [5.41, 5.74) is 0.618. The molecule has 1 aliphatic rings. The monoisotopic (exact) mass is 342 g/mol. The number of ether oxygens (including phenoxy) is 2. The van der Waals surface area contributed by atoms with Gasteiger partial charge in [-0.15, -0.1) is 0 Å². The van der Waals surface area contributed by atoms with Gasteiger partial charge in [0.25, 0.3) is 0 Å². The number of hydrogen-bond acceptors (Lipinski definition) is 4. The summed E-state index contributed by atoms with van der Waals surface area (Å²) in [6.45, 7) is 0. The minimum atomic E-state index is -0.380. The predicted molar refractivity (Wildman–Crippen MR) is 96.3 cm³/mol. The largest absolute Gasteiger partial charge is 0.449 e. The first-order chi connectivity index (χ1) is 12.7. The fourth-order valence-electron chi connectivity index (χ4n) is 2.73. The topological polar surface area (TPSA) is 52.6 Å². The van der Waals surface area contributed by atoms with Crippen molar-refractivity contribution in [2.45, 2.75) is 0 Å². The van der Waals surface area contributed by atoms with Gasteiger partial charge in [-0.2, -0.15) is 0 Å². The van der Waals surface area contributed by atoms with Gasteiger partial charge in [0.2, 0.25) is 23.1 Å². The third kappa shape index (κ3) is 2.89. The summed E-state index contributed by atoms with van der Waals surface area (Å²) in [5.74, 6) is -0.0631. The fourth-order valence-corrected chi connectivity index (χ4v) is 2.73. The maximum atomic E-state index is 13.0. The lowest BCUT2D eigenvalue weighted by Crippen LogP contribution is -2.27. The number of ketones is 2. The van der Waals surface area contributed by atoms with Crippen LogP contribution in [0.15, 0.2) is 96.4 Å². The zero-order chi connectivity index (χ0) is 17.9. The molecule has 0 radical (unpaired) electrons. The van der Waals surface area contributed by atoms with Crippen LogP contribution in [0.1, 0.15) is 20.7 Å². The van der Waals surface area contributed by atoms with Crippen LogP contribution in [-0.2, 0) is 0 Å². The molecule has 0 amide bonds. The van der Waals surface area contributed by atoms with Crippen molar-refractivity contribution in [1.82, 2.24) is 0 Å². The smallest absolute Gasteiger partial charge is 0.233 e. The molecule has 0 heterocycles. The molecule has 3 aromatic rings. The van der Waals surface area contributed by atoms with Gasteiger partial charge < -0.3 is 9.47 Å². The van der Waals surface area contributed by atoms with E-state index in [1.54, 1.807) is 72.8 Å². The van der Waals surface area contributed by atoms with Crippen LogP contribution in [-0.4, -0.2) is 11.6 Å². The van der Waals surface area contributed by atoms with Crippen LogP contribution in [0, 0.1) is 0 Å². The zero-order valence-corrected chi connectivity index (χ0v) is 13.7. The van der Waals surface area contributed by atoms with E-state index in [1.807, 2.05) is 12.1 Å². The van der Waals surface area contributed by atoms with Crippen LogP contribution in [0.4, 0.5) is 0 Å². The van der Waals surface area contributed by atoms with E-state index < -0.39 is 0 Å². The standard InChI is InChI=1S/C22H14O4/c23-19-17-13-7-8-14-18(17)20(24)22(26-16-11-5-2-6-12-16)21(19)25-15-9-3-1-4-10-15/h1-14H. The van der Waals surface area contributed by atoms with E-state index in [0.717, 1.165) is 0 Å². The van der Waals surface area contributed by atoms with Crippen molar-refractivity contribution in [1.29, 1.82) is 0 Å².